The lowest BCUT2D eigenvalue weighted by atomic mass is 9.80. The minimum absolute atomic E-state index is 0.0699. The van der Waals surface area contributed by atoms with Crippen molar-refractivity contribution >= 4 is 5.78 Å². The first-order valence-electron chi connectivity index (χ1n) is 7.03. The van der Waals surface area contributed by atoms with E-state index in [9.17, 15) is 4.79 Å². The van der Waals surface area contributed by atoms with Crippen molar-refractivity contribution in [3.8, 4) is 5.75 Å². The van der Waals surface area contributed by atoms with Crippen molar-refractivity contribution in [2.75, 3.05) is 6.61 Å². The number of ketones is 1. The van der Waals surface area contributed by atoms with E-state index in [2.05, 4.69) is 13.0 Å². The maximum absolute atomic E-state index is 12.7. The van der Waals surface area contributed by atoms with Gasteiger partial charge in [-0.3, -0.25) is 4.79 Å². The van der Waals surface area contributed by atoms with Crippen molar-refractivity contribution in [1.82, 2.24) is 0 Å². The van der Waals surface area contributed by atoms with Crippen LogP contribution in [0, 0.1) is 11.8 Å². The molecular formula is C16H20O2. The van der Waals surface area contributed by atoms with Gasteiger partial charge in [0.2, 0.25) is 0 Å². The second kappa shape index (κ2) is 4.75. The van der Waals surface area contributed by atoms with Crippen LogP contribution in [0.5, 0.6) is 5.75 Å². The van der Waals surface area contributed by atoms with E-state index in [4.69, 9.17) is 4.74 Å². The summed E-state index contributed by atoms with van der Waals surface area (Å²) in [5.74, 6) is 2.28. The van der Waals surface area contributed by atoms with Crippen LogP contribution in [0.4, 0.5) is 0 Å². The number of rotatable bonds is 2. The molecule has 1 heterocycles. The van der Waals surface area contributed by atoms with Gasteiger partial charge < -0.3 is 4.74 Å². The number of carbonyl (C=O) groups is 1. The van der Waals surface area contributed by atoms with Gasteiger partial charge in [-0.25, -0.2) is 0 Å². The minimum atomic E-state index is 0.0699. The monoisotopic (exact) mass is 244 g/mol. The van der Waals surface area contributed by atoms with E-state index in [1.807, 2.05) is 18.2 Å². The number of fused-ring (bicyclic) bond motifs is 1. The first kappa shape index (κ1) is 11.8. The van der Waals surface area contributed by atoms with Gasteiger partial charge in [0.15, 0.2) is 0 Å². The summed E-state index contributed by atoms with van der Waals surface area (Å²) in [6.45, 7) is 2.90. The maximum atomic E-state index is 12.7. The summed E-state index contributed by atoms with van der Waals surface area (Å²) in [5, 5.41) is 0. The number of ether oxygens (including phenoxy) is 1. The Morgan fingerprint density at radius 3 is 2.83 bits per heavy atom. The topological polar surface area (TPSA) is 26.3 Å². The molecule has 1 aromatic carbocycles. The number of carbonyl (C=O) groups excluding carboxylic acids is 1. The van der Waals surface area contributed by atoms with Crippen LogP contribution in [0.25, 0.3) is 0 Å². The van der Waals surface area contributed by atoms with Gasteiger partial charge in [-0.05, 0) is 31.2 Å². The second-order valence-corrected chi connectivity index (χ2v) is 5.64. The largest absolute Gasteiger partial charge is 0.493 e. The molecule has 1 aromatic rings. The molecule has 0 bridgehead atoms. The lowest BCUT2D eigenvalue weighted by Gasteiger charge is -2.28. The smallest absolute Gasteiger partial charge is 0.143 e. The quantitative estimate of drug-likeness (QED) is 0.795. The van der Waals surface area contributed by atoms with Gasteiger partial charge in [0.05, 0.1) is 6.61 Å². The predicted octanol–water partition coefficient (Wildman–Crippen LogP) is 3.56. The van der Waals surface area contributed by atoms with Crippen LogP contribution in [0.3, 0.4) is 0 Å². The highest BCUT2D eigenvalue weighted by Crippen LogP contribution is 2.40. The number of benzene rings is 1. The molecular weight excluding hydrogens is 224 g/mol. The summed E-state index contributed by atoms with van der Waals surface area (Å²) in [6.07, 6.45) is 4.35. The highest BCUT2D eigenvalue weighted by Gasteiger charge is 2.36. The third-order valence-corrected chi connectivity index (χ3v) is 4.53. The highest BCUT2D eigenvalue weighted by molar-refractivity contribution is 5.89. The molecule has 0 amide bonds. The van der Waals surface area contributed by atoms with Gasteiger partial charge in [-0.2, -0.15) is 0 Å². The van der Waals surface area contributed by atoms with Crippen molar-refractivity contribution in [2.24, 2.45) is 11.8 Å². The molecule has 0 radical (unpaired) electrons. The Labute approximate surface area is 108 Å². The van der Waals surface area contributed by atoms with E-state index in [-0.39, 0.29) is 11.8 Å². The third kappa shape index (κ3) is 1.94. The Bertz CT molecular complexity index is 452. The zero-order valence-electron chi connectivity index (χ0n) is 10.9. The van der Waals surface area contributed by atoms with Gasteiger partial charge in [0, 0.05) is 17.4 Å². The zero-order valence-corrected chi connectivity index (χ0v) is 10.9. The van der Waals surface area contributed by atoms with E-state index in [0.29, 0.717) is 18.3 Å². The van der Waals surface area contributed by atoms with Crippen LogP contribution in [-0.2, 0) is 4.79 Å². The average Bonchev–Trinajstić information content (AvgIpc) is 2.83. The van der Waals surface area contributed by atoms with Crippen LogP contribution >= 0.6 is 0 Å². The molecule has 1 fully saturated rings. The zero-order chi connectivity index (χ0) is 12.5. The van der Waals surface area contributed by atoms with Crippen LogP contribution in [-0.4, -0.2) is 12.4 Å². The molecule has 3 atom stereocenters. The summed E-state index contributed by atoms with van der Waals surface area (Å²) in [4.78, 5) is 12.7. The Kier molecular flexibility index (Phi) is 3.11. The summed E-state index contributed by atoms with van der Waals surface area (Å²) >= 11 is 0. The normalized spacial score (nSPS) is 30.6. The van der Waals surface area contributed by atoms with Crippen molar-refractivity contribution in [3.63, 3.8) is 0 Å². The lowest BCUT2D eigenvalue weighted by molar-refractivity contribution is -0.125. The molecule has 3 unspecified atom stereocenters. The standard InChI is InChI=1S/C16H20O2/c1-11-5-4-7-12(11)16(17)14-9-10-18-15-8-3-2-6-13(14)15/h2-3,6,8,11-12,14H,4-5,7,9-10H2,1H3. The van der Waals surface area contributed by atoms with Crippen LogP contribution in [0.2, 0.25) is 0 Å². The SMILES string of the molecule is CC1CCCC1C(=O)C1CCOc2ccccc21. The molecule has 0 aromatic heterocycles. The second-order valence-electron chi connectivity index (χ2n) is 5.64. The molecule has 3 rings (SSSR count). The van der Waals surface area contributed by atoms with Gasteiger partial charge in [-0.15, -0.1) is 0 Å². The van der Waals surface area contributed by atoms with Gasteiger partial charge in [0.1, 0.15) is 11.5 Å². The van der Waals surface area contributed by atoms with Crippen LogP contribution < -0.4 is 4.74 Å². The van der Waals surface area contributed by atoms with Crippen LogP contribution in [0.1, 0.15) is 44.1 Å². The number of hydrogen-bond donors (Lipinski definition) is 0. The van der Waals surface area contributed by atoms with E-state index in [1.54, 1.807) is 0 Å². The van der Waals surface area contributed by atoms with E-state index in [0.717, 1.165) is 24.2 Å². The third-order valence-electron chi connectivity index (χ3n) is 4.53. The summed E-state index contributed by atoms with van der Waals surface area (Å²) in [5.41, 5.74) is 1.10. The van der Waals surface area contributed by atoms with Crippen molar-refractivity contribution in [2.45, 2.75) is 38.5 Å². The fourth-order valence-electron chi connectivity index (χ4n) is 3.46. The molecule has 2 heteroatoms. The van der Waals surface area contributed by atoms with Gasteiger partial charge in [0.25, 0.3) is 0 Å². The molecule has 96 valence electrons. The fraction of sp³-hybridized carbons (Fsp3) is 0.562. The molecule has 18 heavy (non-hydrogen) atoms. The number of Topliss-reactive ketones (excluding diaryl/α,β-unsaturated/α-hetero) is 1. The van der Waals surface area contributed by atoms with E-state index < -0.39 is 0 Å². The minimum Gasteiger partial charge on any atom is -0.493 e. The van der Waals surface area contributed by atoms with Crippen LogP contribution in [0.15, 0.2) is 24.3 Å². The van der Waals surface area contributed by atoms with Gasteiger partial charge in [-0.1, -0.05) is 31.5 Å². The lowest BCUT2D eigenvalue weighted by Crippen LogP contribution is -2.28. The molecule has 0 N–H and O–H groups in total. The average molecular weight is 244 g/mol. The Morgan fingerprint density at radius 2 is 2.06 bits per heavy atom. The number of hydrogen-bond acceptors (Lipinski definition) is 2. The Balaban J connectivity index is 1.87. The Hall–Kier alpha value is -1.31. The molecule has 0 spiro atoms. The summed E-state index contributed by atoms with van der Waals surface area (Å²) in [7, 11) is 0. The first-order chi connectivity index (χ1) is 8.77. The number of para-hydroxylation sites is 1. The van der Waals surface area contributed by atoms with E-state index >= 15 is 0 Å². The predicted molar refractivity (Wildman–Crippen MR) is 70.8 cm³/mol. The van der Waals surface area contributed by atoms with E-state index in [1.165, 1.54) is 12.8 Å². The molecule has 1 aliphatic carbocycles. The highest BCUT2D eigenvalue weighted by atomic mass is 16.5. The summed E-state index contributed by atoms with van der Waals surface area (Å²) in [6, 6.07) is 8.01. The Morgan fingerprint density at radius 1 is 1.22 bits per heavy atom. The fourth-order valence-corrected chi connectivity index (χ4v) is 3.46. The molecule has 0 saturated heterocycles. The molecule has 2 nitrogen and oxygen atoms in total. The van der Waals surface area contributed by atoms with Crippen molar-refractivity contribution in [1.29, 1.82) is 0 Å². The summed E-state index contributed by atoms with van der Waals surface area (Å²) < 4.78 is 5.64. The molecule has 1 aliphatic heterocycles. The van der Waals surface area contributed by atoms with Gasteiger partial charge >= 0.3 is 0 Å². The molecule has 2 aliphatic rings. The van der Waals surface area contributed by atoms with Crippen molar-refractivity contribution < 1.29 is 9.53 Å². The maximum Gasteiger partial charge on any atom is 0.143 e. The molecule has 1 saturated carbocycles. The first-order valence-corrected chi connectivity index (χ1v) is 7.03. The van der Waals surface area contributed by atoms with Crippen molar-refractivity contribution in [3.05, 3.63) is 29.8 Å².